The lowest BCUT2D eigenvalue weighted by molar-refractivity contribution is 0.573. The van der Waals surface area contributed by atoms with Gasteiger partial charge in [0.15, 0.2) is 0 Å². The normalized spacial score (nSPS) is 13.3. The van der Waals surface area contributed by atoms with E-state index in [0.717, 1.165) is 5.56 Å². The van der Waals surface area contributed by atoms with Crippen molar-refractivity contribution >= 4 is 15.9 Å². The molecule has 1 aromatic rings. The van der Waals surface area contributed by atoms with E-state index < -0.39 is 10.0 Å². The molecular formula is C12H19N3O2S. The maximum Gasteiger partial charge on any atom is 0.240 e. The molecule has 6 heteroatoms. The van der Waals surface area contributed by atoms with Crippen LogP contribution in [0.3, 0.4) is 0 Å². The molecule has 0 spiro atoms. The summed E-state index contributed by atoms with van der Waals surface area (Å²) in [5, 5.41) is 7.23. The molecule has 100 valence electrons. The summed E-state index contributed by atoms with van der Waals surface area (Å²) in [6.07, 6.45) is 0. The number of aryl methyl sites for hydroxylation is 2. The van der Waals surface area contributed by atoms with Gasteiger partial charge in [-0.1, -0.05) is 24.6 Å². The Balaban J connectivity index is 2.90. The van der Waals surface area contributed by atoms with Crippen LogP contribution in [0, 0.1) is 25.2 Å². The number of nitrogens with two attached hydrogens (primary N) is 1. The second-order valence-corrected chi connectivity index (χ2v) is 6.21. The van der Waals surface area contributed by atoms with E-state index in [-0.39, 0.29) is 23.2 Å². The molecule has 0 saturated heterocycles. The average molecular weight is 269 g/mol. The molecule has 1 rings (SSSR count). The predicted molar refractivity (Wildman–Crippen MR) is 72.2 cm³/mol. The Kier molecular flexibility index (Phi) is 4.48. The quantitative estimate of drug-likeness (QED) is 0.552. The zero-order valence-corrected chi connectivity index (χ0v) is 11.6. The molecule has 0 fully saturated rings. The number of rotatable bonds is 5. The van der Waals surface area contributed by atoms with Gasteiger partial charge < -0.3 is 5.73 Å². The molecule has 0 aliphatic heterocycles. The van der Waals surface area contributed by atoms with E-state index in [1.54, 1.807) is 26.0 Å². The van der Waals surface area contributed by atoms with Crippen LogP contribution in [0.15, 0.2) is 23.1 Å². The Hall–Kier alpha value is -1.40. The first-order valence-corrected chi connectivity index (χ1v) is 7.13. The second-order valence-electron chi connectivity index (χ2n) is 4.48. The van der Waals surface area contributed by atoms with E-state index >= 15 is 0 Å². The number of amidine groups is 1. The fourth-order valence-electron chi connectivity index (χ4n) is 1.52. The van der Waals surface area contributed by atoms with Crippen molar-refractivity contribution in [2.24, 2.45) is 11.7 Å². The van der Waals surface area contributed by atoms with Crippen molar-refractivity contribution in [2.75, 3.05) is 6.54 Å². The predicted octanol–water partition coefficient (Wildman–Crippen LogP) is 1.15. The van der Waals surface area contributed by atoms with Gasteiger partial charge in [-0.3, -0.25) is 5.41 Å². The maximum absolute atomic E-state index is 12.1. The van der Waals surface area contributed by atoms with Gasteiger partial charge in [0, 0.05) is 12.5 Å². The van der Waals surface area contributed by atoms with Crippen molar-refractivity contribution in [1.29, 1.82) is 5.41 Å². The molecule has 4 N–H and O–H groups in total. The summed E-state index contributed by atoms with van der Waals surface area (Å²) in [7, 11) is -3.54. The van der Waals surface area contributed by atoms with Crippen LogP contribution >= 0.6 is 0 Å². The van der Waals surface area contributed by atoms with Gasteiger partial charge in [-0.15, -0.1) is 0 Å². The third-order valence-corrected chi connectivity index (χ3v) is 4.31. The fourth-order valence-corrected chi connectivity index (χ4v) is 2.88. The number of hydrogen-bond donors (Lipinski definition) is 3. The summed E-state index contributed by atoms with van der Waals surface area (Å²) in [5.41, 5.74) is 7.03. The van der Waals surface area contributed by atoms with Crippen molar-refractivity contribution < 1.29 is 8.42 Å². The molecule has 0 aliphatic rings. The Morgan fingerprint density at radius 3 is 2.56 bits per heavy atom. The van der Waals surface area contributed by atoms with E-state index in [1.165, 1.54) is 0 Å². The first kappa shape index (κ1) is 14.7. The molecule has 0 aromatic heterocycles. The van der Waals surface area contributed by atoms with Crippen molar-refractivity contribution in [1.82, 2.24) is 4.72 Å². The topological polar surface area (TPSA) is 96.0 Å². The van der Waals surface area contributed by atoms with Gasteiger partial charge >= 0.3 is 0 Å². The van der Waals surface area contributed by atoms with Gasteiger partial charge in [0.05, 0.1) is 10.7 Å². The van der Waals surface area contributed by atoms with Crippen molar-refractivity contribution in [2.45, 2.75) is 25.7 Å². The van der Waals surface area contributed by atoms with Gasteiger partial charge in [0.25, 0.3) is 0 Å². The van der Waals surface area contributed by atoms with Crippen molar-refractivity contribution in [3.8, 4) is 0 Å². The first-order chi connectivity index (χ1) is 8.24. The summed E-state index contributed by atoms with van der Waals surface area (Å²) >= 11 is 0. The molecule has 5 nitrogen and oxygen atoms in total. The highest BCUT2D eigenvalue weighted by molar-refractivity contribution is 7.89. The number of benzene rings is 1. The van der Waals surface area contributed by atoms with Crippen LogP contribution in [0.2, 0.25) is 0 Å². The zero-order valence-electron chi connectivity index (χ0n) is 10.8. The molecule has 18 heavy (non-hydrogen) atoms. The Labute approximate surface area is 108 Å². The van der Waals surface area contributed by atoms with Crippen LogP contribution in [0.5, 0.6) is 0 Å². The lowest BCUT2D eigenvalue weighted by Crippen LogP contribution is -2.34. The van der Waals surface area contributed by atoms with Crippen LogP contribution < -0.4 is 10.5 Å². The van der Waals surface area contributed by atoms with E-state index in [0.29, 0.717) is 5.56 Å². The minimum absolute atomic E-state index is 0.0293. The lowest BCUT2D eigenvalue weighted by atomic mass is 10.2. The standard InChI is InChI=1S/C12H19N3O2S/c1-8-4-5-11(9(2)6-8)18(16,17)15-7-10(3)12(13)14/h4-6,10,15H,7H2,1-3H3,(H3,13,14). The molecule has 1 aromatic carbocycles. The largest absolute Gasteiger partial charge is 0.387 e. The first-order valence-electron chi connectivity index (χ1n) is 5.65. The minimum Gasteiger partial charge on any atom is -0.387 e. The SMILES string of the molecule is Cc1ccc(S(=O)(=O)NCC(C)C(=N)N)c(C)c1. The van der Waals surface area contributed by atoms with Crippen LogP contribution in [0.25, 0.3) is 0 Å². The summed E-state index contributed by atoms with van der Waals surface area (Å²) in [5.74, 6) is -0.344. The lowest BCUT2D eigenvalue weighted by Gasteiger charge is -2.13. The second kappa shape index (κ2) is 5.49. The molecule has 0 saturated carbocycles. The van der Waals surface area contributed by atoms with E-state index in [9.17, 15) is 8.42 Å². The molecule has 1 unspecified atom stereocenters. The molecule has 0 radical (unpaired) electrons. The molecule has 1 atom stereocenters. The van der Waals surface area contributed by atoms with Crippen LogP contribution in [-0.2, 0) is 10.0 Å². The highest BCUT2D eigenvalue weighted by Gasteiger charge is 2.18. The monoisotopic (exact) mass is 269 g/mol. The number of nitrogens with one attached hydrogen (secondary N) is 2. The highest BCUT2D eigenvalue weighted by Crippen LogP contribution is 2.16. The third kappa shape index (κ3) is 3.54. The molecule has 0 aliphatic carbocycles. The van der Waals surface area contributed by atoms with Crippen LogP contribution in [-0.4, -0.2) is 20.8 Å². The van der Waals surface area contributed by atoms with Gasteiger partial charge in [-0.05, 0) is 25.5 Å². The molecule has 0 bridgehead atoms. The van der Waals surface area contributed by atoms with Gasteiger partial charge in [0.1, 0.15) is 0 Å². The van der Waals surface area contributed by atoms with E-state index in [2.05, 4.69) is 4.72 Å². The Bertz CT molecular complexity index is 552. The van der Waals surface area contributed by atoms with Crippen molar-refractivity contribution in [3.05, 3.63) is 29.3 Å². The van der Waals surface area contributed by atoms with E-state index in [4.69, 9.17) is 11.1 Å². The third-order valence-electron chi connectivity index (χ3n) is 2.73. The van der Waals surface area contributed by atoms with Crippen LogP contribution in [0.4, 0.5) is 0 Å². The average Bonchev–Trinajstić information content (AvgIpc) is 2.25. The minimum atomic E-state index is -3.54. The Morgan fingerprint density at radius 2 is 2.06 bits per heavy atom. The number of sulfonamides is 1. The van der Waals surface area contributed by atoms with Gasteiger partial charge in [-0.2, -0.15) is 0 Å². The maximum atomic E-state index is 12.1. The number of hydrogen-bond acceptors (Lipinski definition) is 3. The summed E-state index contributed by atoms with van der Waals surface area (Å²) in [6, 6.07) is 5.17. The molecule has 0 amide bonds. The summed E-state index contributed by atoms with van der Waals surface area (Å²) < 4.78 is 26.6. The molecule has 0 heterocycles. The summed E-state index contributed by atoms with van der Waals surface area (Å²) in [6.45, 7) is 5.50. The Morgan fingerprint density at radius 1 is 1.44 bits per heavy atom. The molecular weight excluding hydrogens is 250 g/mol. The van der Waals surface area contributed by atoms with Gasteiger partial charge in [-0.25, -0.2) is 13.1 Å². The smallest absolute Gasteiger partial charge is 0.240 e. The highest BCUT2D eigenvalue weighted by atomic mass is 32.2. The van der Waals surface area contributed by atoms with E-state index in [1.807, 2.05) is 13.0 Å². The van der Waals surface area contributed by atoms with Crippen molar-refractivity contribution in [3.63, 3.8) is 0 Å². The summed E-state index contributed by atoms with van der Waals surface area (Å²) in [4.78, 5) is 0.267. The van der Waals surface area contributed by atoms with Crippen LogP contribution in [0.1, 0.15) is 18.1 Å². The zero-order chi connectivity index (χ0) is 13.9. The fraction of sp³-hybridized carbons (Fsp3) is 0.417. The van der Waals surface area contributed by atoms with Gasteiger partial charge in [0.2, 0.25) is 10.0 Å².